The Bertz CT molecular complexity index is 517. The molecule has 0 bridgehead atoms. The molecule has 3 N–H and O–H groups in total. The van der Waals surface area contributed by atoms with Gasteiger partial charge in [0.25, 0.3) is 0 Å². The first-order chi connectivity index (χ1) is 9.39. The zero-order chi connectivity index (χ0) is 15.2. The number of methoxy groups -OCH3 is 1. The molecule has 1 unspecified atom stereocenters. The quantitative estimate of drug-likeness (QED) is 0.739. The van der Waals surface area contributed by atoms with Crippen LogP contribution in [0, 0.1) is 0 Å². The Morgan fingerprint density at radius 2 is 2.00 bits per heavy atom. The topological polar surface area (TPSA) is 84.7 Å². The van der Waals surface area contributed by atoms with Crippen molar-refractivity contribution in [1.29, 1.82) is 0 Å². The number of nitrogens with zero attached hydrogens (tertiary/aromatic N) is 1. The zero-order valence-corrected chi connectivity index (χ0v) is 13.0. The molecular formula is C13H23N3O3S. The van der Waals surface area contributed by atoms with Crippen LogP contribution >= 0.6 is 0 Å². The first-order valence-corrected chi connectivity index (χ1v) is 7.83. The Morgan fingerprint density at radius 1 is 1.35 bits per heavy atom. The van der Waals surface area contributed by atoms with E-state index in [2.05, 4.69) is 5.32 Å². The van der Waals surface area contributed by atoms with Gasteiger partial charge in [0.1, 0.15) is 4.90 Å². The van der Waals surface area contributed by atoms with Crippen molar-refractivity contribution in [3.05, 3.63) is 24.3 Å². The fourth-order valence-electron chi connectivity index (χ4n) is 1.72. The van der Waals surface area contributed by atoms with E-state index in [4.69, 9.17) is 10.5 Å². The molecule has 20 heavy (non-hydrogen) atoms. The normalized spacial score (nSPS) is 13.4. The summed E-state index contributed by atoms with van der Waals surface area (Å²) in [4.78, 5) is 0.269. The fourth-order valence-corrected chi connectivity index (χ4v) is 2.79. The summed E-state index contributed by atoms with van der Waals surface area (Å²) < 4.78 is 30.5. The van der Waals surface area contributed by atoms with Crippen molar-refractivity contribution in [2.45, 2.75) is 17.4 Å². The maximum atomic E-state index is 12.2. The predicted octanol–water partition coefficient (Wildman–Crippen LogP) is 0.713. The Kier molecular flexibility index (Phi) is 6.41. The third-order valence-electron chi connectivity index (χ3n) is 2.86. The minimum Gasteiger partial charge on any atom is -0.384 e. The van der Waals surface area contributed by atoms with E-state index in [0.29, 0.717) is 25.3 Å². The van der Waals surface area contributed by atoms with Crippen molar-refractivity contribution in [3.63, 3.8) is 0 Å². The molecular weight excluding hydrogens is 278 g/mol. The Morgan fingerprint density at radius 3 is 2.60 bits per heavy atom. The molecule has 1 rings (SSSR count). The van der Waals surface area contributed by atoms with E-state index < -0.39 is 10.0 Å². The average molecular weight is 301 g/mol. The van der Waals surface area contributed by atoms with Crippen LogP contribution in [-0.2, 0) is 14.8 Å². The molecule has 0 saturated carbocycles. The lowest BCUT2D eigenvalue weighted by Crippen LogP contribution is -2.28. The highest BCUT2D eigenvalue weighted by Crippen LogP contribution is 2.22. The van der Waals surface area contributed by atoms with Crippen molar-refractivity contribution >= 4 is 15.7 Å². The van der Waals surface area contributed by atoms with Gasteiger partial charge in [0.2, 0.25) is 10.0 Å². The van der Waals surface area contributed by atoms with Gasteiger partial charge in [-0.05, 0) is 18.6 Å². The van der Waals surface area contributed by atoms with Crippen LogP contribution < -0.4 is 11.1 Å². The van der Waals surface area contributed by atoms with E-state index in [1.165, 1.54) is 18.4 Å². The van der Waals surface area contributed by atoms with Gasteiger partial charge in [0, 0.05) is 33.8 Å². The van der Waals surface area contributed by atoms with Crippen molar-refractivity contribution < 1.29 is 13.2 Å². The number of sulfonamides is 1. The molecule has 6 nitrogen and oxygen atoms in total. The highest BCUT2D eigenvalue weighted by atomic mass is 32.2. The Hall–Kier alpha value is -1.15. The molecule has 1 atom stereocenters. The number of hydrogen-bond acceptors (Lipinski definition) is 5. The number of ether oxygens (including phenoxy) is 1. The van der Waals surface area contributed by atoms with E-state index in [0.717, 1.165) is 0 Å². The van der Waals surface area contributed by atoms with Crippen molar-refractivity contribution in [1.82, 2.24) is 4.31 Å². The summed E-state index contributed by atoms with van der Waals surface area (Å²) in [6.45, 7) is 1.07. The number of hydrogen-bond donors (Lipinski definition) is 2. The first kappa shape index (κ1) is 16.9. The molecule has 0 saturated heterocycles. The maximum Gasteiger partial charge on any atom is 0.244 e. The van der Waals surface area contributed by atoms with Gasteiger partial charge in [-0.25, -0.2) is 12.7 Å². The van der Waals surface area contributed by atoms with Crippen LogP contribution in [-0.4, -0.2) is 53.1 Å². The molecule has 0 radical (unpaired) electrons. The molecule has 0 amide bonds. The smallest absolute Gasteiger partial charge is 0.244 e. The lowest BCUT2D eigenvalue weighted by Gasteiger charge is -2.17. The third-order valence-corrected chi connectivity index (χ3v) is 4.73. The van der Waals surface area contributed by atoms with Crippen LogP contribution in [0.1, 0.15) is 6.42 Å². The summed E-state index contributed by atoms with van der Waals surface area (Å²) in [5.74, 6) is 0. The number of para-hydroxylation sites is 1. The van der Waals surface area contributed by atoms with E-state index in [1.54, 1.807) is 31.4 Å². The second-order valence-corrected chi connectivity index (χ2v) is 6.83. The second kappa shape index (κ2) is 7.58. The SMILES string of the molecule is COCC(N)CCNc1ccccc1S(=O)(=O)N(C)C. The molecule has 0 aliphatic rings. The molecule has 0 heterocycles. The minimum atomic E-state index is -3.45. The summed E-state index contributed by atoms with van der Waals surface area (Å²) in [6, 6.07) is 6.78. The number of benzene rings is 1. The predicted molar refractivity (Wildman–Crippen MR) is 80.3 cm³/mol. The van der Waals surface area contributed by atoms with Gasteiger partial charge in [-0.2, -0.15) is 0 Å². The summed E-state index contributed by atoms with van der Waals surface area (Å²) in [5, 5.41) is 3.12. The summed E-state index contributed by atoms with van der Waals surface area (Å²) in [7, 11) is 1.18. The van der Waals surface area contributed by atoms with Gasteiger partial charge in [-0.3, -0.25) is 0 Å². The van der Waals surface area contributed by atoms with E-state index in [9.17, 15) is 8.42 Å². The van der Waals surface area contributed by atoms with Gasteiger partial charge in [0.05, 0.1) is 12.3 Å². The second-order valence-electron chi connectivity index (χ2n) is 4.71. The lowest BCUT2D eigenvalue weighted by atomic mass is 10.2. The lowest BCUT2D eigenvalue weighted by molar-refractivity contribution is 0.178. The summed E-state index contributed by atoms with van der Waals surface area (Å²) in [5.41, 5.74) is 6.42. The van der Waals surface area contributed by atoms with Gasteiger partial charge < -0.3 is 15.8 Å². The van der Waals surface area contributed by atoms with Crippen LogP contribution in [0.2, 0.25) is 0 Å². The van der Waals surface area contributed by atoms with Crippen LogP contribution in [0.25, 0.3) is 0 Å². The van der Waals surface area contributed by atoms with Gasteiger partial charge in [-0.1, -0.05) is 12.1 Å². The number of rotatable bonds is 8. The zero-order valence-electron chi connectivity index (χ0n) is 12.2. The molecule has 1 aromatic rings. The number of nitrogens with one attached hydrogen (secondary N) is 1. The monoisotopic (exact) mass is 301 g/mol. The van der Waals surface area contributed by atoms with Crippen LogP contribution in [0.5, 0.6) is 0 Å². The fraction of sp³-hybridized carbons (Fsp3) is 0.538. The van der Waals surface area contributed by atoms with E-state index in [-0.39, 0.29) is 10.9 Å². The molecule has 1 aromatic carbocycles. The standard InChI is InChI=1S/C13H23N3O3S/c1-16(2)20(17,18)13-7-5-4-6-12(13)15-9-8-11(14)10-19-3/h4-7,11,15H,8-10,14H2,1-3H3. The molecule has 0 spiro atoms. The van der Waals surface area contributed by atoms with Crippen LogP contribution in [0.4, 0.5) is 5.69 Å². The molecule has 0 fully saturated rings. The Balaban J connectivity index is 2.77. The van der Waals surface area contributed by atoms with Crippen molar-refractivity contribution in [2.75, 3.05) is 39.7 Å². The first-order valence-electron chi connectivity index (χ1n) is 6.39. The number of nitrogens with two attached hydrogens (primary N) is 1. The van der Waals surface area contributed by atoms with Gasteiger partial charge in [0.15, 0.2) is 0 Å². The molecule has 7 heteroatoms. The highest BCUT2D eigenvalue weighted by molar-refractivity contribution is 7.89. The van der Waals surface area contributed by atoms with Gasteiger partial charge >= 0.3 is 0 Å². The minimum absolute atomic E-state index is 0.0647. The average Bonchev–Trinajstić information content (AvgIpc) is 2.39. The molecule has 114 valence electrons. The number of anilines is 1. The maximum absolute atomic E-state index is 12.2. The van der Waals surface area contributed by atoms with Gasteiger partial charge in [-0.15, -0.1) is 0 Å². The van der Waals surface area contributed by atoms with E-state index in [1.807, 2.05) is 0 Å². The molecule has 0 aliphatic carbocycles. The third kappa shape index (κ3) is 4.45. The highest BCUT2D eigenvalue weighted by Gasteiger charge is 2.20. The van der Waals surface area contributed by atoms with Crippen molar-refractivity contribution in [3.8, 4) is 0 Å². The van der Waals surface area contributed by atoms with Crippen molar-refractivity contribution in [2.24, 2.45) is 5.73 Å². The van der Waals surface area contributed by atoms with Crippen LogP contribution in [0.15, 0.2) is 29.2 Å². The Labute approximate surface area is 121 Å². The van der Waals surface area contributed by atoms with E-state index >= 15 is 0 Å². The summed E-state index contributed by atoms with van der Waals surface area (Å²) >= 11 is 0. The molecule has 0 aromatic heterocycles. The molecule has 0 aliphatic heterocycles. The summed E-state index contributed by atoms with van der Waals surface area (Å²) in [6.07, 6.45) is 0.699. The van der Waals surface area contributed by atoms with Crippen LogP contribution in [0.3, 0.4) is 0 Å². The largest absolute Gasteiger partial charge is 0.384 e.